The predicted octanol–water partition coefficient (Wildman–Crippen LogP) is 39.3. The van der Waals surface area contributed by atoms with Crippen LogP contribution in [0.4, 0.5) is 90.2 Å². The van der Waals surface area contributed by atoms with Crippen molar-refractivity contribution in [3.05, 3.63) is 605 Å². The number of anilines is 12. The molecule has 0 amide bonds. The fraction of sp³-hybridized carbons (Fsp3) is 0. The Morgan fingerprint density at radius 3 is 0.517 bits per heavy atom. The van der Waals surface area contributed by atoms with E-state index in [2.05, 4.69) is 350 Å². The van der Waals surface area contributed by atoms with Gasteiger partial charge in [0.1, 0.15) is 29.1 Å². The first kappa shape index (κ1) is 92.5. The lowest BCUT2D eigenvalue weighted by Gasteiger charge is -2.26. The minimum atomic E-state index is -0.303. The maximum absolute atomic E-state index is 14.9. The number of hydrogen-bond acceptors (Lipinski definition) is 4. The van der Waals surface area contributed by atoms with Crippen molar-refractivity contribution in [2.75, 3.05) is 19.6 Å². The molecule has 9 heteroatoms. The maximum atomic E-state index is 14.9. The second-order valence-corrected chi connectivity index (χ2v) is 35.3. The van der Waals surface area contributed by atoms with Crippen LogP contribution >= 0.6 is 0 Å². The molecule has 694 valence electrons. The van der Waals surface area contributed by atoms with Crippen LogP contribution in [0.15, 0.2) is 576 Å². The number of nitrogens with zero attached hydrogens (tertiary/aromatic N) is 4. The van der Waals surface area contributed by atoms with Crippen LogP contribution < -0.4 is 19.6 Å². The fourth-order valence-corrected chi connectivity index (χ4v) is 19.0. The summed E-state index contributed by atoms with van der Waals surface area (Å²) in [5.74, 6) is -1.36. The molecule has 0 saturated carbocycles. The number of hydrogen-bond donors (Lipinski definition) is 0. The summed E-state index contributed by atoms with van der Waals surface area (Å²) in [4.78, 5) is 8.16. The summed E-state index contributed by atoms with van der Waals surface area (Å²) < 4.78 is 70.1. The van der Waals surface area contributed by atoms with Crippen LogP contribution in [0.5, 0.6) is 0 Å². The second kappa shape index (κ2) is 43.3. The van der Waals surface area contributed by atoms with E-state index < -0.39 is 0 Å². The van der Waals surface area contributed by atoms with Crippen molar-refractivity contribution in [1.82, 2.24) is 0 Å². The van der Waals surface area contributed by atoms with Gasteiger partial charge in [0.15, 0.2) is 0 Å². The Bertz CT molecular complexity index is 8490. The maximum Gasteiger partial charge on any atom is 0.147 e. The van der Waals surface area contributed by atoms with Gasteiger partial charge in [-0.25, -0.2) is 22.0 Å². The van der Waals surface area contributed by atoms with E-state index in [1.54, 1.807) is 42.5 Å². The Labute approximate surface area is 841 Å². The van der Waals surface area contributed by atoms with Crippen LogP contribution in [-0.4, -0.2) is 0 Å². The molecule has 145 heavy (non-hydrogen) atoms. The molecule has 0 N–H and O–H groups in total. The van der Waals surface area contributed by atoms with Gasteiger partial charge in [-0.3, -0.25) is 0 Å². The highest BCUT2D eigenvalue weighted by Crippen LogP contribution is 2.47. The molecule has 0 heterocycles. The molecule has 0 bridgehead atoms. The molecule has 4 nitrogen and oxygen atoms in total. The van der Waals surface area contributed by atoms with Gasteiger partial charge in [-0.05, 0) is 369 Å². The first-order valence-corrected chi connectivity index (χ1v) is 48.3. The number of rotatable bonds is 20. The van der Waals surface area contributed by atoms with Gasteiger partial charge in [0.2, 0.25) is 0 Å². The molecule has 0 radical (unpaired) electrons. The van der Waals surface area contributed by atoms with Crippen LogP contribution in [0, 0.1) is 29.1 Å². The van der Waals surface area contributed by atoms with Crippen molar-refractivity contribution >= 4 is 111 Å². The largest absolute Gasteiger partial charge is 0.311 e. The molecular weight excluding hydrogens is 1780 g/mol. The topological polar surface area (TPSA) is 13.0 Å². The van der Waals surface area contributed by atoms with Crippen LogP contribution in [-0.2, 0) is 0 Å². The summed E-state index contributed by atoms with van der Waals surface area (Å²) in [5.41, 5.74) is 29.1. The third-order valence-electron chi connectivity index (χ3n) is 26.1. The number of benzene rings is 24. The molecule has 0 saturated heterocycles. The van der Waals surface area contributed by atoms with E-state index in [1.807, 2.05) is 155 Å². The summed E-state index contributed by atoms with van der Waals surface area (Å²) in [6.45, 7) is 0. The lowest BCUT2D eigenvalue weighted by molar-refractivity contribution is 0.627. The van der Waals surface area contributed by atoms with E-state index >= 15 is 0 Å². The molecule has 0 unspecified atom stereocenters. The molecule has 24 rings (SSSR count). The minimum Gasteiger partial charge on any atom is -0.311 e. The Morgan fingerprint density at radius 1 is 0.110 bits per heavy atom. The van der Waals surface area contributed by atoms with E-state index in [0.29, 0.717) is 5.69 Å². The summed E-state index contributed by atoms with van der Waals surface area (Å²) in [6.07, 6.45) is 0. The average molecular weight is 1880 g/mol. The lowest BCUT2D eigenvalue weighted by atomic mass is 9.91. The quantitative estimate of drug-likeness (QED) is 0.0705. The van der Waals surface area contributed by atoms with Crippen molar-refractivity contribution in [3.8, 4) is 89.0 Å². The van der Waals surface area contributed by atoms with E-state index in [-0.39, 0.29) is 29.1 Å². The first-order chi connectivity index (χ1) is 71.4. The van der Waals surface area contributed by atoms with Crippen molar-refractivity contribution in [1.29, 1.82) is 0 Å². The molecule has 0 aliphatic rings. The third kappa shape index (κ3) is 21.1. The van der Waals surface area contributed by atoms with Gasteiger partial charge < -0.3 is 19.6 Å². The minimum absolute atomic E-state index is 0.244. The Morgan fingerprint density at radius 2 is 0.283 bits per heavy atom. The second-order valence-electron chi connectivity index (χ2n) is 35.3. The van der Waals surface area contributed by atoms with Gasteiger partial charge in [-0.1, -0.05) is 340 Å². The van der Waals surface area contributed by atoms with E-state index in [9.17, 15) is 22.0 Å². The molecule has 0 fully saturated rings. The van der Waals surface area contributed by atoms with Crippen LogP contribution in [0.3, 0.4) is 0 Å². The van der Waals surface area contributed by atoms with Gasteiger partial charge >= 0.3 is 0 Å². The normalized spacial score (nSPS) is 10.9. The molecular formula is C136H95F5N4. The van der Waals surface area contributed by atoms with Crippen LogP contribution in [0.2, 0.25) is 0 Å². The molecule has 0 aliphatic heterocycles. The van der Waals surface area contributed by atoms with E-state index in [1.165, 1.54) is 147 Å². The highest BCUT2D eigenvalue weighted by Gasteiger charge is 2.23. The number of fused-ring (bicyclic) bond motifs is 4. The SMILES string of the molecule is Fc1ccc(N(c2ccc(F)cc2)c2ccc(-c3cc4ccccc4cc3-c3ccccc3)cc2)cc1.Fc1ccc(N(c2ccccc2)c2ccc(-c3cc4ccccc4cc3-c3ccccc3)cc2)cc1.Fc1cccc(N(c2ccccc2)c2ccc(-c3cc4ccccc4cc3-c3ccccc3)cc2)c1.Fc1ccccc1N(c1ccccc1)c1ccc(-c2cc3ccccc3cc2-c2ccccc2)cc1. The highest BCUT2D eigenvalue weighted by molar-refractivity contribution is 6.02. The lowest BCUT2D eigenvalue weighted by Crippen LogP contribution is -2.11. The third-order valence-corrected chi connectivity index (χ3v) is 26.1. The van der Waals surface area contributed by atoms with Gasteiger partial charge in [0.05, 0.1) is 5.69 Å². The van der Waals surface area contributed by atoms with Gasteiger partial charge in [-0.2, -0.15) is 0 Å². The predicted molar refractivity (Wildman–Crippen MR) is 598 cm³/mol. The Hall–Kier alpha value is -18.8. The summed E-state index contributed by atoms with van der Waals surface area (Å²) >= 11 is 0. The van der Waals surface area contributed by atoms with E-state index in [4.69, 9.17) is 0 Å². The highest BCUT2D eigenvalue weighted by atomic mass is 19.1. The zero-order chi connectivity index (χ0) is 98.2. The monoisotopic (exact) mass is 1880 g/mol. The zero-order valence-corrected chi connectivity index (χ0v) is 79.0. The Kier molecular flexibility index (Phi) is 27.6. The van der Waals surface area contributed by atoms with Crippen molar-refractivity contribution < 1.29 is 22.0 Å². The summed E-state index contributed by atoms with van der Waals surface area (Å²) in [5, 5.41) is 9.66. The Balaban J connectivity index is 0.000000114. The van der Waals surface area contributed by atoms with Crippen molar-refractivity contribution in [2.24, 2.45) is 0 Å². The zero-order valence-electron chi connectivity index (χ0n) is 79.0. The van der Waals surface area contributed by atoms with Gasteiger partial charge in [0, 0.05) is 62.6 Å². The molecule has 0 atom stereocenters. The van der Waals surface area contributed by atoms with Crippen LogP contribution in [0.25, 0.3) is 132 Å². The summed E-state index contributed by atoms with van der Waals surface area (Å²) in [6, 6.07) is 191. The molecule has 0 spiro atoms. The average Bonchev–Trinajstić information content (AvgIpc) is 0.787. The van der Waals surface area contributed by atoms with Gasteiger partial charge in [0.25, 0.3) is 0 Å². The van der Waals surface area contributed by atoms with Crippen molar-refractivity contribution in [3.63, 3.8) is 0 Å². The van der Waals surface area contributed by atoms with Crippen LogP contribution in [0.1, 0.15) is 0 Å². The first-order valence-electron chi connectivity index (χ1n) is 48.3. The smallest absolute Gasteiger partial charge is 0.147 e. The molecule has 0 aliphatic carbocycles. The molecule has 0 aromatic heterocycles. The fourth-order valence-electron chi connectivity index (χ4n) is 19.0. The molecule has 24 aromatic rings. The van der Waals surface area contributed by atoms with E-state index in [0.717, 1.165) is 95.9 Å². The van der Waals surface area contributed by atoms with Crippen molar-refractivity contribution in [2.45, 2.75) is 0 Å². The standard InChI is InChI=1S/C34H23F2N.3C34H24FN/c35-28-12-18-31(19-13-28)37(32-20-14-29(36)15-21-32)30-16-10-25(11-17-30)34-23-27-9-5-4-8-26(27)22-33(34)24-6-2-1-3-7-24;35-33-17-9-10-18-34(33)36(29-15-5-2-6-16-29)30-21-19-26(20-22-30)32-24-28-14-8-7-13-27(28)23-31(32)25-11-3-1-4-12-25;35-29-14-9-17-32(24-29)36(30-15-5-2-6-16-30)31-20-18-26(19-21-31)34-23-28-13-8-7-12-27(28)22-33(34)25-10-3-1-4-11-25;35-29-17-21-32(22-18-29)36(30-13-5-2-6-14-30)31-19-15-26(16-20-31)34-24-28-12-8-7-11-27(28)23-33(34)25-9-3-1-4-10-25/h1-23H;3*1-24H. The summed E-state index contributed by atoms with van der Waals surface area (Å²) in [7, 11) is 0. The number of halogens is 5. The molecule has 24 aromatic carbocycles. The van der Waals surface area contributed by atoms with Gasteiger partial charge in [-0.15, -0.1) is 0 Å². The number of para-hydroxylation sites is 4.